The highest BCUT2D eigenvalue weighted by Gasteiger charge is 2.28. The van der Waals surface area contributed by atoms with Gasteiger partial charge in [-0.15, -0.1) is 0 Å². The molecule has 214 valence electrons. The Bertz CT molecular complexity index is 2740. The second-order valence-electron chi connectivity index (χ2n) is 11.8. The van der Waals surface area contributed by atoms with E-state index in [1.54, 1.807) is 0 Å². The molecule has 0 unspecified atom stereocenters. The summed E-state index contributed by atoms with van der Waals surface area (Å²) in [6, 6.07) is 46.5. The van der Waals surface area contributed by atoms with Crippen LogP contribution in [0.25, 0.3) is 76.8 Å². The minimum atomic E-state index is 0.456. The van der Waals surface area contributed by atoms with Crippen LogP contribution in [0.4, 0.5) is 0 Å². The van der Waals surface area contributed by atoms with Gasteiger partial charge in [0.2, 0.25) is 0 Å². The Morgan fingerprint density at radius 2 is 1.17 bits per heavy atom. The molecule has 3 heterocycles. The number of benzene rings is 7. The zero-order valence-electron chi connectivity index (χ0n) is 24.6. The molecule has 5 heteroatoms. The lowest BCUT2D eigenvalue weighted by Gasteiger charge is -2.13. The second kappa shape index (κ2) is 9.65. The van der Waals surface area contributed by atoms with Crippen LogP contribution in [-0.4, -0.2) is 20.7 Å². The van der Waals surface area contributed by atoms with Crippen molar-refractivity contribution < 1.29 is 4.42 Å². The standard InChI is InChI=1S/C41H24N4O/c1-2-10-27-22-28(17-16-24(27)8-1)39-43-40(45-41(44-39)38-37-32-13-5-6-15-34(32)46-35(37)23-42-38)33-14-7-11-26-19-20-30-29-12-4-3-9-25(29)18-21-31(30)36(26)33/h1-22H,23H2. The van der Waals surface area contributed by atoms with E-state index in [4.69, 9.17) is 24.4 Å². The lowest BCUT2D eigenvalue weighted by Crippen LogP contribution is -2.10. The minimum Gasteiger partial charge on any atom is -0.458 e. The first-order chi connectivity index (χ1) is 22.8. The lowest BCUT2D eigenvalue weighted by atomic mass is 9.94. The molecule has 10 rings (SSSR count). The Hall–Kier alpha value is -6.20. The fourth-order valence-electron chi connectivity index (χ4n) is 7.00. The molecule has 0 fully saturated rings. The van der Waals surface area contributed by atoms with Gasteiger partial charge < -0.3 is 4.42 Å². The molecule has 0 atom stereocenters. The number of nitrogens with zero attached hydrogens (tertiary/aromatic N) is 4. The predicted molar refractivity (Wildman–Crippen MR) is 186 cm³/mol. The molecule has 0 N–H and O–H groups in total. The molecule has 2 aromatic heterocycles. The summed E-state index contributed by atoms with van der Waals surface area (Å²) in [5.74, 6) is 2.61. The molecule has 0 saturated heterocycles. The highest BCUT2D eigenvalue weighted by atomic mass is 16.3. The van der Waals surface area contributed by atoms with Gasteiger partial charge in [0.15, 0.2) is 17.5 Å². The monoisotopic (exact) mass is 588 g/mol. The van der Waals surface area contributed by atoms with Gasteiger partial charge in [-0.2, -0.15) is 0 Å². The third kappa shape index (κ3) is 3.75. The molecule has 1 aliphatic heterocycles. The number of fused-ring (bicyclic) bond motifs is 9. The van der Waals surface area contributed by atoms with E-state index in [0.717, 1.165) is 55.3 Å². The van der Waals surface area contributed by atoms with E-state index < -0.39 is 0 Å². The predicted octanol–water partition coefficient (Wildman–Crippen LogP) is 9.92. The van der Waals surface area contributed by atoms with Crippen molar-refractivity contribution >= 4 is 59.8 Å². The number of aromatic nitrogens is 3. The van der Waals surface area contributed by atoms with Gasteiger partial charge in [-0.1, -0.05) is 121 Å². The van der Waals surface area contributed by atoms with Crippen molar-refractivity contribution in [2.75, 3.05) is 0 Å². The van der Waals surface area contributed by atoms with Crippen LogP contribution in [0.5, 0.6) is 0 Å². The van der Waals surface area contributed by atoms with Crippen molar-refractivity contribution in [1.82, 2.24) is 15.0 Å². The van der Waals surface area contributed by atoms with Crippen molar-refractivity contribution in [3.05, 3.63) is 151 Å². The summed E-state index contributed by atoms with van der Waals surface area (Å²) in [5, 5.41) is 10.4. The topological polar surface area (TPSA) is 64.2 Å². The first kappa shape index (κ1) is 25.2. The lowest BCUT2D eigenvalue weighted by molar-refractivity contribution is 0.557. The van der Waals surface area contributed by atoms with Gasteiger partial charge in [-0.25, -0.2) is 15.0 Å². The normalized spacial score (nSPS) is 12.8. The van der Waals surface area contributed by atoms with Crippen LogP contribution in [0.2, 0.25) is 0 Å². The number of hydrogen-bond donors (Lipinski definition) is 0. The average molecular weight is 589 g/mol. The molecule has 0 spiro atoms. The number of furan rings is 1. The number of hydrogen-bond acceptors (Lipinski definition) is 5. The van der Waals surface area contributed by atoms with Crippen LogP contribution in [-0.2, 0) is 6.54 Å². The van der Waals surface area contributed by atoms with Crippen molar-refractivity contribution in [3.8, 4) is 22.8 Å². The van der Waals surface area contributed by atoms with Crippen LogP contribution in [0.15, 0.2) is 143 Å². The van der Waals surface area contributed by atoms with Crippen LogP contribution < -0.4 is 0 Å². The summed E-state index contributed by atoms with van der Waals surface area (Å²) >= 11 is 0. The van der Waals surface area contributed by atoms with E-state index in [2.05, 4.69) is 115 Å². The van der Waals surface area contributed by atoms with E-state index in [1.165, 1.54) is 26.9 Å². The summed E-state index contributed by atoms with van der Waals surface area (Å²) in [7, 11) is 0. The van der Waals surface area contributed by atoms with Crippen molar-refractivity contribution in [1.29, 1.82) is 0 Å². The van der Waals surface area contributed by atoms with E-state index in [1.807, 2.05) is 18.2 Å². The molecule has 0 amide bonds. The minimum absolute atomic E-state index is 0.456. The molecule has 7 aromatic carbocycles. The maximum absolute atomic E-state index is 6.20. The maximum atomic E-state index is 6.20. The Balaban J connectivity index is 1.26. The molecule has 46 heavy (non-hydrogen) atoms. The average Bonchev–Trinajstić information content (AvgIpc) is 3.70. The number of aliphatic imine (C=N–C) groups is 1. The highest BCUT2D eigenvalue weighted by molar-refractivity contribution is 6.22. The zero-order valence-corrected chi connectivity index (χ0v) is 24.6. The highest BCUT2D eigenvalue weighted by Crippen LogP contribution is 2.38. The largest absolute Gasteiger partial charge is 0.458 e. The summed E-state index contributed by atoms with van der Waals surface area (Å²) in [5.41, 5.74) is 4.43. The van der Waals surface area contributed by atoms with Gasteiger partial charge in [0.25, 0.3) is 0 Å². The fourth-order valence-corrected chi connectivity index (χ4v) is 7.00. The molecule has 0 bridgehead atoms. The Kier molecular flexibility index (Phi) is 5.28. The van der Waals surface area contributed by atoms with Gasteiger partial charge in [0, 0.05) is 21.9 Å². The summed E-state index contributed by atoms with van der Waals surface area (Å²) in [4.78, 5) is 20.4. The van der Waals surface area contributed by atoms with Crippen LogP contribution >= 0.6 is 0 Å². The molecule has 0 saturated carbocycles. The van der Waals surface area contributed by atoms with Crippen molar-refractivity contribution in [2.24, 2.45) is 4.99 Å². The molecule has 9 aromatic rings. The molecule has 0 radical (unpaired) electrons. The third-order valence-corrected chi connectivity index (χ3v) is 9.15. The summed E-state index contributed by atoms with van der Waals surface area (Å²) in [6.45, 7) is 0.456. The molecule has 5 nitrogen and oxygen atoms in total. The molecular formula is C41H24N4O. The SMILES string of the molecule is c1ccc2cc(-c3nc(C4=NCc5oc6ccccc6c54)nc(-c4cccc5ccc6c7ccccc7ccc6c45)n3)ccc2c1. The number of para-hydroxylation sites is 1. The van der Waals surface area contributed by atoms with E-state index in [-0.39, 0.29) is 0 Å². The van der Waals surface area contributed by atoms with E-state index in [9.17, 15) is 0 Å². The van der Waals surface area contributed by atoms with Gasteiger partial charge in [-0.3, -0.25) is 4.99 Å². The quantitative estimate of drug-likeness (QED) is 0.193. The van der Waals surface area contributed by atoms with Crippen molar-refractivity contribution in [3.63, 3.8) is 0 Å². The van der Waals surface area contributed by atoms with Crippen molar-refractivity contribution in [2.45, 2.75) is 6.54 Å². The first-order valence-electron chi connectivity index (χ1n) is 15.4. The molecule has 0 aliphatic carbocycles. The Morgan fingerprint density at radius 1 is 0.478 bits per heavy atom. The molecular weight excluding hydrogens is 564 g/mol. The second-order valence-corrected chi connectivity index (χ2v) is 11.8. The Morgan fingerprint density at radius 3 is 2.11 bits per heavy atom. The zero-order chi connectivity index (χ0) is 30.2. The van der Waals surface area contributed by atoms with Crippen LogP contribution in [0, 0.1) is 0 Å². The van der Waals surface area contributed by atoms with E-state index in [0.29, 0.717) is 24.0 Å². The van der Waals surface area contributed by atoms with Crippen LogP contribution in [0.3, 0.4) is 0 Å². The third-order valence-electron chi connectivity index (χ3n) is 9.15. The van der Waals surface area contributed by atoms with Crippen LogP contribution in [0.1, 0.15) is 17.1 Å². The molecule has 1 aliphatic rings. The maximum Gasteiger partial charge on any atom is 0.182 e. The number of rotatable bonds is 3. The first-order valence-corrected chi connectivity index (χ1v) is 15.4. The summed E-state index contributed by atoms with van der Waals surface area (Å²) < 4.78 is 6.20. The van der Waals surface area contributed by atoms with Gasteiger partial charge in [0.05, 0.1) is 12.1 Å². The Labute approximate surface area is 263 Å². The van der Waals surface area contributed by atoms with Gasteiger partial charge in [0.1, 0.15) is 17.1 Å². The smallest absolute Gasteiger partial charge is 0.182 e. The fraction of sp³-hybridized carbons (Fsp3) is 0.0244. The van der Waals surface area contributed by atoms with Gasteiger partial charge >= 0.3 is 0 Å². The van der Waals surface area contributed by atoms with Gasteiger partial charge in [-0.05, 0) is 49.8 Å². The summed E-state index contributed by atoms with van der Waals surface area (Å²) in [6.07, 6.45) is 0. The van der Waals surface area contributed by atoms with E-state index >= 15 is 0 Å².